The van der Waals surface area contributed by atoms with E-state index in [1.54, 1.807) is 6.08 Å². The fourth-order valence-electron chi connectivity index (χ4n) is 1.28. The molecular formula is C13H18O2. The van der Waals surface area contributed by atoms with Crippen LogP contribution in [0.3, 0.4) is 0 Å². The summed E-state index contributed by atoms with van der Waals surface area (Å²) in [5.41, 5.74) is 1.22. The molecule has 1 atom stereocenters. The Labute approximate surface area is 91.2 Å². The Morgan fingerprint density at radius 1 is 1.40 bits per heavy atom. The highest BCUT2D eigenvalue weighted by molar-refractivity contribution is 5.27. The standard InChI is InChI=1S/C13H18O2/c1-3-10-15-13-8-6-12(7-9-13)5-4-11(2)14/h3,6-9,11,14H,1,4-5,10H2,2H3. The van der Waals surface area contributed by atoms with Crippen molar-refractivity contribution in [3.05, 3.63) is 42.5 Å². The van der Waals surface area contributed by atoms with Gasteiger partial charge in [-0.15, -0.1) is 0 Å². The summed E-state index contributed by atoms with van der Waals surface area (Å²) in [6, 6.07) is 7.95. The van der Waals surface area contributed by atoms with Crippen LogP contribution < -0.4 is 4.74 Å². The minimum atomic E-state index is -0.235. The highest BCUT2D eigenvalue weighted by Gasteiger charge is 1.98. The van der Waals surface area contributed by atoms with Crippen LogP contribution in [0.2, 0.25) is 0 Å². The summed E-state index contributed by atoms with van der Waals surface area (Å²) in [5.74, 6) is 0.857. The Balaban J connectivity index is 2.45. The average molecular weight is 206 g/mol. The zero-order valence-corrected chi connectivity index (χ0v) is 9.15. The van der Waals surface area contributed by atoms with E-state index in [1.165, 1.54) is 5.56 Å². The van der Waals surface area contributed by atoms with Crippen molar-refractivity contribution in [1.82, 2.24) is 0 Å². The van der Waals surface area contributed by atoms with Gasteiger partial charge in [0.05, 0.1) is 6.10 Å². The minimum Gasteiger partial charge on any atom is -0.490 e. The summed E-state index contributed by atoms with van der Waals surface area (Å²) in [6.45, 7) is 5.93. The van der Waals surface area contributed by atoms with E-state index in [-0.39, 0.29) is 6.10 Å². The Morgan fingerprint density at radius 3 is 2.60 bits per heavy atom. The van der Waals surface area contributed by atoms with Crippen molar-refractivity contribution in [1.29, 1.82) is 0 Å². The van der Waals surface area contributed by atoms with Crippen molar-refractivity contribution >= 4 is 0 Å². The van der Waals surface area contributed by atoms with Gasteiger partial charge in [-0.3, -0.25) is 0 Å². The minimum absolute atomic E-state index is 0.235. The maximum Gasteiger partial charge on any atom is 0.119 e. The second kappa shape index (κ2) is 6.25. The van der Waals surface area contributed by atoms with Gasteiger partial charge in [-0.2, -0.15) is 0 Å². The van der Waals surface area contributed by atoms with Crippen molar-refractivity contribution in [3.8, 4) is 5.75 Å². The molecule has 1 aromatic carbocycles. The summed E-state index contributed by atoms with van der Waals surface area (Å²) in [5, 5.41) is 9.15. The zero-order valence-electron chi connectivity index (χ0n) is 9.15. The molecular weight excluding hydrogens is 188 g/mol. The highest BCUT2D eigenvalue weighted by atomic mass is 16.5. The molecule has 0 bridgehead atoms. The number of aryl methyl sites for hydroxylation is 1. The number of hydrogen-bond acceptors (Lipinski definition) is 2. The van der Waals surface area contributed by atoms with E-state index >= 15 is 0 Å². The lowest BCUT2D eigenvalue weighted by Crippen LogP contribution is -2.01. The van der Waals surface area contributed by atoms with E-state index in [1.807, 2.05) is 31.2 Å². The number of ether oxygens (including phenoxy) is 1. The lowest BCUT2D eigenvalue weighted by molar-refractivity contribution is 0.185. The lowest BCUT2D eigenvalue weighted by Gasteiger charge is -2.06. The second-order valence-electron chi connectivity index (χ2n) is 3.63. The topological polar surface area (TPSA) is 29.5 Å². The van der Waals surface area contributed by atoms with Crippen LogP contribution in [0, 0.1) is 0 Å². The van der Waals surface area contributed by atoms with E-state index in [4.69, 9.17) is 9.84 Å². The first-order valence-electron chi connectivity index (χ1n) is 5.23. The smallest absolute Gasteiger partial charge is 0.119 e. The third-order valence-corrected chi connectivity index (χ3v) is 2.14. The maximum atomic E-state index is 9.15. The van der Waals surface area contributed by atoms with Gasteiger partial charge in [0.25, 0.3) is 0 Å². The molecule has 2 heteroatoms. The normalized spacial score (nSPS) is 12.1. The van der Waals surface area contributed by atoms with Crippen LogP contribution in [0.4, 0.5) is 0 Å². The molecule has 2 nitrogen and oxygen atoms in total. The molecule has 0 aliphatic carbocycles. The van der Waals surface area contributed by atoms with Gasteiger partial charge in [-0.25, -0.2) is 0 Å². The number of benzene rings is 1. The molecule has 15 heavy (non-hydrogen) atoms. The highest BCUT2D eigenvalue weighted by Crippen LogP contribution is 2.13. The number of hydrogen-bond donors (Lipinski definition) is 1. The van der Waals surface area contributed by atoms with Gasteiger partial charge < -0.3 is 9.84 Å². The Bertz CT molecular complexity index is 288. The third-order valence-electron chi connectivity index (χ3n) is 2.14. The third kappa shape index (κ3) is 4.66. The van der Waals surface area contributed by atoms with Crippen LogP contribution in [0.1, 0.15) is 18.9 Å². The van der Waals surface area contributed by atoms with Crippen molar-refractivity contribution < 1.29 is 9.84 Å². The first kappa shape index (κ1) is 11.8. The van der Waals surface area contributed by atoms with E-state index in [0.717, 1.165) is 18.6 Å². The van der Waals surface area contributed by atoms with Crippen molar-refractivity contribution in [2.75, 3.05) is 6.61 Å². The molecule has 0 saturated carbocycles. The molecule has 0 spiro atoms. The van der Waals surface area contributed by atoms with Crippen LogP contribution in [0.25, 0.3) is 0 Å². The van der Waals surface area contributed by atoms with E-state index in [9.17, 15) is 0 Å². The van der Waals surface area contributed by atoms with E-state index < -0.39 is 0 Å². The molecule has 1 aromatic rings. The molecule has 0 radical (unpaired) electrons. The molecule has 1 unspecified atom stereocenters. The second-order valence-corrected chi connectivity index (χ2v) is 3.63. The van der Waals surface area contributed by atoms with Crippen LogP contribution in [-0.2, 0) is 6.42 Å². The number of aliphatic hydroxyl groups is 1. The number of rotatable bonds is 6. The van der Waals surface area contributed by atoms with Gasteiger partial charge >= 0.3 is 0 Å². The number of aliphatic hydroxyl groups excluding tert-OH is 1. The molecule has 0 amide bonds. The largest absolute Gasteiger partial charge is 0.490 e. The lowest BCUT2D eigenvalue weighted by atomic mass is 10.1. The predicted octanol–water partition coefficient (Wildman–Crippen LogP) is 2.56. The fraction of sp³-hybridized carbons (Fsp3) is 0.385. The van der Waals surface area contributed by atoms with Crippen molar-refractivity contribution in [3.63, 3.8) is 0 Å². The van der Waals surface area contributed by atoms with Gasteiger partial charge in [-0.05, 0) is 37.5 Å². The SMILES string of the molecule is C=CCOc1ccc(CCC(C)O)cc1. The maximum absolute atomic E-state index is 9.15. The molecule has 0 aliphatic heterocycles. The van der Waals surface area contributed by atoms with Gasteiger partial charge in [0, 0.05) is 0 Å². The Kier molecular flexibility index (Phi) is 4.91. The molecule has 0 fully saturated rings. The molecule has 0 aromatic heterocycles. The van der Waals surface area contributed by atoms with E-state index in [0.29, 0.717) is 6.61 Å². The summed E-state index contributed by atoms with van der Waals surface area (Å²) < 4.78 is 5.37. The molecule has 1 rings (SSSR count). The van der Waals surface area contributed by atoms with Gasteiger partial charge in [0.2, 0.25) is 0 Å². The average Bonchev–Trinajstić information content (AvgIpc) is 2.25. The van der Waals surface area contributed by atoms with Gasteiger partial charge in [-0.1, -0.05) is 24.8 Å². The van der Waals surface area contributed by atoms with Crippen molar-refractivity contribution in [2.24, 2.45) is 0 Å². The van der Waals surface area contributed by atoms with Crippen LogP contribution in [0.15, 0.2) is 36.9 Å². The zero-order chi connectivity index (χ0) is 11.1. The molecule has 82 valence electrons. The Morgan fingerprint density at radius 2 is 2.07 bits per heavy atom. The summed E-state index contributed by atoms with van der Waals surface area (Å²) in [4.78, 5) is 0. The first-order valence-corrected chi connectivity index (χ1v) is 5.23. The monoisotopic (exact) mass is 206 g/mol. The first-order chi connectivity index (χ1) is 7.22. The summed E-state index contributed by atoms with van der Waals surface area (Å²) in [7, 11) is 0. The van der Waals surface area contributed by atoms with E-state index in [2.05, 4.69) is 6.58 Å². The Hall–Kier alpha value is -1.28. The molecule has 1 N–H and O–H groups in total. The quantitative estimate of drug-likeness (QED) is 0.725. The summed E-state index contributed by atoms with van der Waals surface area (Å²) >= 11 is 0. The molecule has 0 aliphatic rings. The van der Waals surface area contributed by atoms with Crippen molar-refractivity contribution in [2.45, 2.75) is 25.9 Å². The summed E-state index contributed by atoms with van der Waals surface area (Å²) in [6.07, 6.45) is 3.19. The predicted molar refractivity (Wildman–Crippen MR) is 62.1 cm³/mol. The molecule has 0 heterocycles. The van der Waals surface area contributed by atoms with Crippen LogP contribution in [0.5, 0.6) is 5.75 Å². The molecule has 0 saturated heterocycles. The fourth-order valence-corrected chi connectivity index (χ4v) is 1.28. The van der Waals surface area contributed by atoms with Crippen LogP contribution >= 0.6 is 0 Å². The van der Waals surface area contributed by atoms with Gasteiger partial charge in [0.15, 0.2) is 0 Å². The van der Waals surface area contributed by atoms with Gasteiger partial charge in [0.1, 0.15) is 12.4 Å². The van der Waals surface area contributed by atoms with Crippen LogP contribution in [-0.4, -0.2) is 17.8 Å².